The summed E-state index contributed by atoms with van der Waals surface area (Å²) in [6.45, 7) is 4.01. The molecule has 2 N–H and O–H groups in total. The second-order valence-corrected chi connectivity index (χ2v) is 7.57. The maximum absolute atomic E-state index is 14.2. The van der Waals surface area contributed by atoms with Gasteiger partial charge in [-0.3, -0.25) is 15.2 Å². The summed E-state index contributed by atoms with van der Waals surface area (Å²) in [6, 6.07) is 4.95. The fourth-order valence-electron chi connectivity index (χ4n) is 4.04. The summed E-state index contributed by atoms with van der Waals surface area (Å²) in [5.41, 5.74) is 2.72. The molecule has 0 saturated carbocycles. The van der Waals surface area contributed by atoms with E-state index in [0.717, 1.165) is 37.3 Å². The third-order valence-corrected chi connectivity index (χ3v) is 5.73. The molecule has 4 rings (SSSR count). The molecule has 1 aromatic heterocycles. The number of aromatic nitrogens is 1. The van der Waals surface area contributed by atoms with Crippen LogP contribution in [0.2, 0.25) is 0 Å². The second kappa shape index (κ2) is 8.29. The van der Waals surface area contributed by atoms with Crippen molar-refractivity contribution in [2.24, 2.45) is 0 Å². The summed E-state index contributed by atoms with van der Waals surface area (Å²) in [5, 5.41) is 13.6. The van der Waals surface area contributed by atoms with Crippen molar-refractivity contribution >= 4 is 22.4 Å². The van der Waals surface area contributed by atoms with Crippen molar-refractivity contribution in [2.75, 3.05) is 26.3 Å². The van der Waals surface area contributed by atoms with Crippen LogP contribution in [0.1, 0.15) is 31.7 Å². The third kappa shape index (κ3) is 4.00. The van der Waals surface area contributed by atoms with Gasteiger partial charge in [0.05, 0.1) is 5.71 Å². The van der Waals surface area contributed by atoms with Gasteiger partial charge in [0.1, 0.15) is 5.82 Å². The first-order chi connectivity index (χ1) is 14.0. The molecule has 3 heterocycles. The SMILES string of the molecule is CC(=O)N1CCC(NC2CCOCC2)=C(C(=N)c2ccc(F)c3ccncc23)C1. The number of fused-ring (bicyclic) bond motifs is 1. The molecule has 1 saturated heterocycles. The summed E-state index contributed by atoms with van der Waals surface area (Å²) in [5.74, 6) is -0.339. The van der Waals surface area contributed by atoms with Crippen molar-refractivity contribution in [1.29, 1.82) is 5.41 Å². The van der Waals surface area contributed by atoms with E-state index in [9.17, 15) is 9.18 Å². The lowest BCUT2D eigenvalue weighted by atomic mass is 9.92. The Morgan fingerprint density at radius 3 is 2.83 bits per heavy atom. The van der Waals surface area contributed by atoms with Gasteiger partial charge in [0.15, 0.2) is 0 Å². The first kappa shape index (κ1) is 19.5. The Hall–Kier alpha value is -2.80. The van der Waals surface area contributed by atoms with E-state index >= 15 is 0 Å². The number of benzene rings is 1. The molecule has 0 bridgehead atoms. The number of pyridine rings is 1. The summed E-state index contributed by atoms with van der Waals surface area (Å²) in [7, 11) is 0. The number of ether oxygens (including phenoxy) is 1. The molecule has 0 atom stereocenters. The first-order valence-corrected chi connectivity index (χ1v) is 9.98. The molecule has 152 valence electrons. The highest BCUT2D eigenvalue weighted by molar-refractivity contribution is 6.18. The Morgan fingerprint density at radius 1 is 1.28 bits per heavy atom. The Bertz CT molecular complexity index is 982. The van der Waals surface area contributed by atoms with Crippen molar-refractivity contribution in [2.45, 2.75) is 32.2 Å². The average Bonchev–Trinajstić information content (AvgIpc) is 2.75. The largest absolute Gasteiger partial charge is 0.385 e. The summed E-state index contributed by atoms with van der Waals surface area (Å²) >= 11 is 0. The van der Waals surface area contributed by atoms with Crippen molar-refractivity contribution in [3.05, 3.63) is 53.2 Å². The zero-order valence-electron chi connectivity index (χ0n) is 16.5. The molecular weight excluding hydrogens is 371 g/mol. The van der Waals surface area contributed by atoms with Gasteiger partial charge in [-0.1, -0.05) is 0 Å². The van der Waals surface area contributed by atoms with Gasteiger partial charge in [0, 0.05) is 85.7 Å². The number of carbonyl (C=O) groups is 1. The van der Waals surface area contributed by atoms with Crippen molar-refractivity contribution in [3.8, 4) is 0 Å². The van der Waals surface area contributed by atoms with Crippen LogP contribution in [0.5, 0.6) is 0 Å². The highest BCUT2D eigenvalue weighted by Crippen LogP contribution is 2.27. The third-order valence-electron chi connectivity index (χ3n) is 5.73. The van der Waals surface area contributed by atoms with Crippen molar-refractivity contribution < 1.29 is 13.9 Å². The van der Waals surface area contributed by atoms with Crippen molar-refractivity contribution in [3.63, 3.8) is 0 Å². The second-order valence-electron chi connectivity index (χ2n) is 7.57. The lowest BCUT2D eigenvalue weighted by molar-refractivity contribution is -0.128. The fraction of sp³-hybridized carbons (Fsp3) is 0.409. The number of hydrogen-bond acceptors (Lipinski definition) is 5. The highest BCUT2D eigenvalue weighted by Gasteiger charge is 2.27. The number of halogens is 1. The standard InChI is InChI=1S/C22H25FN4O2/c1-14(28)27-9-5-21(26-15-6-10-29-11-7-15)19(13-27)22(24)17-2-3-20(23)16-4-8-25-12-18(16)17/h2-4,8,12,15,24,26H,5-7,9-11,13H2,1H3. The summed E-state index contributed by atoms with van der Waals surface area (Å²) < 4.78 is 19.7. The number of hydrogen-bond donors (Lipinski definition) is 2. The van der Waals surface area contributed by atoms with Crippen LogP contribution in [0, 0.1) is 11.2 Å². The van der Waals surface area contributed by atoms with Gasteiger partial charge in [0.25, 0.3) is 0 Å². The zero-order valence-corrected chi connectivity index (χ0v) is 16.5. The Labute approximate surface area is 169 Å². The fourth-order valence-corrected chi connectivity index (χ4v) is 4.04. The number of rotatable bonds is 4. The Kier molecular flexibility index (Phi) is 5.58. The molecule has 1 amide bonds. The zero-order chi connectivity index (χ0) is 20.4. The molecule has 2 aromatic rings. The number of amides is 1. The maximum Gasteiger partial charge on any atom is 0.219 e. The van der Waals surface area contributed by atoms with E-state index in [1.807, 2.05) is 0 Å². The average molecular weight is 396 g/mol. The Morgan fingerprint density at radius 2 is 2.07 bits per heavy atom. The van der Waals surface area contributed by atoms with Gasteiger partial charge in [0.2, 0.25) is 5.91 Å². The molecule has 29 heavy (non-hydrogen) atoms. The van der Waals surface area contributed by atoms with Crippen LogP contribution in [0.3, 0.4) is 0 Å². The first-order valence-electron chi connectivity index (χ1n) is 9.98. The molecule has 0 aliphatic carbocycles. The number of nitrogens with one attached hydrogen (secondary N) is 2. The smallest absolute Gasteiger partial charge is 0.219 e. The van der Waals surface area contributed by atoms with E-state index in [1.54, 1.807) is 36.4 Å². The number of nitrogens with zero attached hydrogens (tertiary/aromatic N) is 2. The predicted molar refractivity (Wildman–Crippen MR) is 109 cm³/mol. The molecule has 1 aromatic carbocycles. The maximum atomic E-state index is 14.2. The van der Waals surface area contributed by atoms with E-state index < -0.39 is 0 Å². The monoisotopic (exact) mass is 396 g/mol. The van der Waals surface area contributed by atoms with Gasteiger partial charge >= 0.3 is 0 Å². The lowest BCUT2D eigenvalue weighted by Gasteiger charge is -2.34. The van der Waals surface area contributed by atoms with Gasteiger partial charge in [-0.15, -0.1) is 0 Å². The molecule has 0 spiro atoms. The van der Waals surface area contributed by atoms with E-state index in [0.29, 0.717) is 47.6 Å². The van der Waals surface area contributed by atoms with Crippen LogP contribution in [0.15, 0.2) is 41.9 Å². The minimum absolute atomic E-state index is 0.00829. The van der Waals surface area contributed by atoms with Gasteiger partial charge in [-0.25, -0.2) is 4.39 Å². The van der Waals surface area contributed by atoms with Gasteiger partial charge in [-0.05, 0) is 31.0 Å². The van der Waals surface area contributed by atoms with E-state index in [4.69, 9.17) is 10.1 Å². The predicted octanol–water partition coefficient (Wildman–Crippen LogP) is 3.02. The molecule has 6 nitrogen and oxygen atoms in total. The van der Waals surface area contributed by atoms with Crippen LogP contribution in [-0.4, -0.2) is 53.8 Å². The van der Waals surface area contributed by atoms with Crippen LogP contribution in [0.4, 0.5) is 4.39 Å². The van der Waals surface area contributed by atoms with Gasteiger partial charge in [-0.2, -0.15) is 0 Å². The molecule has 2 aliphatic heterocycles. The minimum Gasteiger partial charge on any atom is -0.385 e. The molecule has 2 aliphatic rings. The summed E-state index contributed by atoms with van der Waals surface area (Å²) in [4.78, 5) is 17.9. The van der Waals surface area contributed by atoms with Crippen LogP contribution >= 0.6 is 0 Å². The van der Waals surface area contributed by atoms with E-state index in [-0.39, 0.29) is 11.7 Å². The van der Waals surface area contributed by atoms with E-state index in [2.05, 4.69) is 10.3 Å². The highest BCUT2D eigenvalue weighted by atomic mass is 19.1. The summed E-state index contributed by atoms with van der Waals surface area (Å²) in [6.07, 6.45) is 5.66. The molecule has 7 heteroatoms. The topological polar surface area (TPSA) is 78.3 Å². The van der Waals surface area contributed by atoms with Crippen LogP contribution in [0.25, 0.3) is 10.8 Å². The number of carbonyl (C=O) groups excluding carboxylic acids is 1. The van der Waals surface area contributed by atoms with E-state index in [1.165, 1.54) is 6.07 Å². The molecule has 1 fully saturated rings. The quantitative estimate of drug-likeness (QED) is 0.779. The van der Waals surface area contributed by atoms with Crippen LogP contribution < -0.4 is 5.32 Å². The van der Waals surface area contributed by atoms with Gasteiger partial charge < -0.3 is 15.0 Å². The Balaban J connectivity index is 1.73. The lowest BCUT2D eigenvalue weighted by Crippen LogP contribution is -2.43. The minimum atomic E-state index is -0.331. The molecular formula is C22H25FN4O2. The molecule has 0 unspecified atom stereocenters. The van der Waals surface area contributed by atoms with Crippen LogP contribution in [-0.2, 0) is 9.53 Å². The molecule has 0 radical (unpaired) electrons. The van der Waals surface area contributed by atoms with Crippen molar-refractivity contribution in [1.82, 2.24) is 15.2 Å². The normalized spacial score (nSPS) is 18.2.